The summed E-state index contributed by atoms with van der Waals surface area (Å²) in [6.07, 6.45) is 5.31. The summed E-state index contributed by atoms with van der Waals surface area (Å²) in [7, 11) is 0. The zero-order valence-corrected chi connectivity index (χ0v) is 13.9. The number of nitrogens with zero attached hydrogens (tertiary/aromatic N) is 2. The second-order valence-corrected chi connectivity index (χ2v) is 6.23. The number of hydrogen-bond acceptors (Lipinski definition) is 4. The fourth-order valence-electron chi connectivity index (χ4n) is 1.78. The summed E-state index contributed by atoms with van der Waals surface area (Å²) in [5, 5.41) is 3.40. The van der Waals surface area contributed by atoms with Crippen LogP contribution in [0.3, 0.4) is 0 Å². The van der Waals surface area contributed by atoms with Crippen LogP contribution in [0.4, 0.5) is 0 Å². The van der Waals surface area contributed by atoms with Crippen molar-refractivity contribution in [3.05, 3.63) is 52.5 Å². The highest BCUT2D eigenvalue weighted by Crippen LogP contribution is 2.16. The van der Waals surface area contributed by atoms with Crippen molar-refractivity contribution in [2.75, 3.05) is 6.54 Å². The molecule has 0 saturated heterocycles. The predicted molar refractivity (Wildman–Crippen MR) is 87.1 cm³/mol. The first-order valence-corrected chi connectivity index (χ1v) is 7.80. The molecule has 2 aromatic heterocycles. The second-order valence-electron chi connectivity index (χ2n) is 5.31. The summed E-state index contributed by atoms with van der Waals surface area (Å²) in [6.45, 7) is 6.70. The molecule has 0 atom stereocenters. The van der Waals surface area contributed by atoms with Gasteiger partial charge in [0.15, 0.2) is 0 Å². The zero-order chi connectivity index (χ0) is 15.1. The third-order valence-corrected chi connectivity index (χ3v) is 3.27. The third-order valence-electron chi connectivity index (χ3n) is 2.83. The molecule has 0 fully saturated rings. The number of hydrogen-bond donors (Lipinski definition) is 1. The van der Waals surface area contributed by atoms with Crippen LogP contribution >= 0.6 is 15.9 Å². The molecule has 0 aliphatic carbocycles. The van der Waals surface area contributed by atoms with Crippen molar-refractivity contribution in [2.45, 2.75) is 27.0 Å². The summed E-state index contributed by atoms with van der Waals surface area (Å²) in [5.41, 5.74) is 2.09. The van der Waals surface area contributed by atoms with Gasteiger partial charge in [-0.1, -0.05) is 19.9 Å². The number of nitrogens with one attached hydrogen (secondary N) is 1. The molecule has 21 heavy (non-hydrogen) atoms. The van der Waals surface area contributed by atoms with Crippen molar-refractivity contribution < 1.29 is 4.74 Å². The van der Waals surface area contributed by atoms with E-state index < -0.39 is 0 Å². The number of pyridine rings is 2. The van der Waals surface area contributed by atoms with Gasteiger partial charge in [0, 0.05) is 23.4 Å². The Balaban J connectivity index is 1.82. The number of aromatic nitrogens is 2. The molecule has 2 rings (SSSR count). The Bertz CT molecular complexity index is 558. The van der Waals surface area contributed by atoms with Gasteiger partial charge < -0.3 is 10.1 Å². The summed E-state index contributed by atoms with van der Waals surface area (Å²) >= 11 is 3.37. The van der Waals surface area contributed by atoms with E-state index in [0.717, 1.165) is 29.0 Å². The molecule has 5 heteroatoms. The van der Waals surface area contributed by atoms with Gasteiger partial charge in [-0.15, -0.1) is 0 Å². The van der Waals surface area contributed by atoms with Crippen molar-refractivity contribution in [3.63, 3.8) is 0 Å². The average Bonchev–Trinajstić information content (AvgIpc) is 2.46. The summed E-state index contributed by atoms with van der Waals surface area (Å²) in [6, 6.07) is 5.97. The van der Waals surface area contributed by atoms with Crippen LogP contribution in [-0.4, -0.2) is 16.5 Å². The van der Waals surface area contributed by atoms with E-state index in [2.05, 4.69) is 51.1 Å². The van der Waals surface area contributed by atoms with E-state index in [9.17, 15) is 0 Å². The monoisotopic (exact) mass is 349 g/mol. The van der Waals surface area contributed by atoms with Crippen LogP contribution in [-0.2, 0) is 13.2 Å². The fraction of sp³-hybridized carbons (Fsp3) is 0.375. The van der Waals surface area contributed by atoms with Crippen LogP contribution in [0.1, 0.15) is 25.1 Å². The summed E-state index contributed by atoms with van der Waals surface area (Å²) in [4.78, 5) is 8.47. The lowest BCUT2D eigenvalue weighted by molar-refractivity contribution is 0.300. The molecule has 0 aromatic carbocycles. The highest BCUT2D eigenvalue weighted by molar-refractivity contribution is 9.10. The Hall–Kier alpha value is -1.46. The van der Waals surface area contributed by atoms with Crippen molar-refractivity contribution >= 4 is 15.9 Å². The first-order valence-electron chi connectivity index (χ1n) is 7.01. The van der Waals surface area contributed by atoms with E-state index in [-0.39, 0.29) is 0 Å². The molecule has 0 spiro atoms. The van der Waals surface area contributed by atoms with Crippen molar-refractivity contribution in [1.29, 1.82) is 0 Å². The quantitative estimate of drug-likeness (QED) is 0.829. The lowest BCUT2D eigenvalue weighted by Crippen LogP contribution is -2.19. The highest BCUT2D eigenvalue weighted by atomic mass is 79.9. The van der Waals surface area contributed by atoms with E-state index in [0.29, 0.717) is 12.5 Å². The van der Waals surface area contributed by atoms with E-state index in [4.69, 9.17) is 4.74 Å². The van der Waals surface area contributed by atoms with Gasteiger partial charge in [0.1, 0.15) is 12.4 Å². The van der Waals surface area contributed by atoms with Crippen LogP contribution in [0.25, 0.3) is 0 Å². The molecule has 112 valence electrons. The maximum absolute atomic E-state index is 5.65. The maximum Gasteiger partial charge on any atom is 0.139 e. The molecular weight excluding hydrogens is 330 g/mol. The number of halogens is 1. The Kier molecular flexibility index (Phi) is 6.14. The van der Waals surface area contributed by atoms with Gasteiger partial charge in [0.05, 0.1) is 11.9 Å². The van der Waals surface area contributed by atoms with Crippen LogP contribution in [0, 0.1) is 5.92 Å². The summed E-state index contributed by atoms with van der Waals surface area (Å²) in [5.74, 6) is 1.39. The SMILES string of the molecule is CC(C)CNCc1ccc(COc2cncc(Br)c2)nc1. The smallest absolute Gasteiger partial charge is 0.139 e. The molecule has 0 unspecified atom stereocenters. The molecule has 0 saturated carbocycles. The topological polar surface area (TPSA) is 47.0 Å². The van der Waals surface area contributed by atoms with Gasteiger partial charge >= 0.3 is 0 Å². The molecule has 2 aromatic rings. The van der Waals surface area contributed by atoms with Crippen molar-refractivity contribution in [1.82, 2.24) is 15.3 Å². The molecule has 0 bridgehead atoms. The Morgan fingerprint density at radius 2 is 2.10 bits per heavy atom. The molecule has 2 heterocycles. The maximum atomic E-state index is 5.65. The molecule has 0 aliphatic heterocycles. The molecule has 0 aliphatic rings. The largest absolute Gasteiger partial charge is 0.486 e. The third kappa shape index (κ3) is 5.81. The minimum absolute atomic E-state index is 0.442. The lowest BCUT2D eigenvalue weighted by atomic mass is 10.2. The van der Waals surface area contributed by atoms with Gasteiger partial charge in [-0.3, -0.25) is 9.97 Å². The fourth-order valence-corrected chi connectivity index (χ4v) is 2.12. The first-order chi connectivity index (χ1) is 10.1. The van der Waals surface area contributed by atoms with Gasteiger partial charge in [-0.05, 0) is 46.1 Å². The van der Waals surface area contributed by atoms with Gasteiger partial charge in [0.25, 0.3) is 0 Å². The number of rotatable bonds is 7. The Labute approximate surface area is 134 Å². The van der Waals surface area contributed by atoms with E-state index >= 15 is 0 Å². The normalized spacial score (nSPS) is 10.9. The van der Waals surface area contributed by atoms with Crippen LogP contribution in [0.2, 0.25) is 0 Å². The second kappa shape index (κ2) is 8.10. The number of ether oxygens (including phenoxy) is 1. The van der Waals surface area contributed by atoms with E-state index in [1.54, 1.807) is 12.4 Å². The molecule has 0 radical (unpaired) electrons. The van der Waals surface area contributed by atoms with E-state index in [1.807, 2.05) is 18.3 Å². The van der Waals surface area contributed by atoms with Gasteiger partial charge in [-0.25, -0.2) is 0 Å². The molecule has 0 amide bonds. The van der Waals surface area contributed by atoms with Gasteiger partial charge in [0.2, 0.25) is 0 Å². The standard InChI is InChI=1S/C16H20BrN3O/c1-12(2)6-18-7-13-3-4-15(20-8-13)11-21-16-5-14(17)9-19-10-16/h3-5,8-10,12,18H,6-7,11H2,1-2H3. The Morgan fingerprint density at radius 3 is 2.76 bits per heavy atom. The molecular formula is C16H20BrN3O. The highest BCUT2D eigenvalue weighted by Gasteiger charge is 2.00. The van der Waals surface area contributed by atoms with E-state index in [1.165, 1.54) is 5.56 Å². The van der Waals surface area contributed by atoms with Crippen molar-refractivity contribution in [2.24, 2.45) is 5.92 Å². The Morgan fingerprint density at radius 1 is 1.24 bits per heavy atom. The first kappa shape index (κ1) is 15.9. The van der Waals surface area contributed by atoms with Crippen LogP contribution in [0.5, 0.6) is 5.75 Å². The zero-order valence-electron chi connectivity index (χ0n) is 12.3. The van der Waals surface area contributed by atoms with Gasteiger partial charge in [-0.2, -0.15) is 0 Å². The average molecular weight is 350 g/mol. The van der Waals surface area contributed by atoms with Crippen LogP contribution in [0.15, 0.2) is 41.3 Å². The van der Waals surface area contributed by atoms with Crippen LogP contribution < -0.4 is 10.1 Å². The van der Waals surface area contributed by atoms with Crippen molar-refractivity contribution in [3.8, 4) is 5.75 Å². The lowest BCUT2D eigenvalue weighted by Gasteiger charge is -2.08. The summed E-state index contributed by atoms with van der Waals surface area (Å²) < 4.78 is 6.56. The molecule has 1 N–H and O–H groups in total. The predicted octanol–water partition coefficient (Wildman–Crippen LogP) is 3.56. The molecule has 4 nitrogen and oxygen atoms in total. The minimum Gasteiger partial charge on any atom is -0.486 e. The minimum atomic E-state index is 0.442.